The van der Waals surface area contributed by atoms with E-state index in [0.29, 0.717) is 17.8 Å². The molecule has 2 heterocycles. The number of aromatic nitrogens is 2. The van der Waals surface area contributed by atoms with Crippen LogP contribution in [0.15, 0.2) is 42.7 Å². The second-order valence-electron chi connectivity index (χ2n) is 6.04. The molecule has 7 heteroatoms. The molecule has 132 valence electrons. The molecular formula is C18H22N4O3. The van der Waals surface area contributed by atoms with Crippen LogP contribution in [0.4, 0.5) is 5.69 Å². The molecule has 1 aliphatic rings. The molecule has 7 nitrogen and oxygen atoms in total. The maximum Gasteiger partial charge on any atom is 0.253 e. The van der Waals surface area contributed by atoms with Gasteiger partial charge in [-0.15, -0.1) is 0 Å². The summed E-state index contributed by atoms with van der Waals surface area (Å²) in [5, 5.41) is 9.77. The Morgan fingerprint density at radius 3 is 2.92 bits per heavy atom. The van der Waals surface area contributed by atoms with Crippen LogP contribution in [0, 0.1) is 0 Å². The number of hydrogen-bond donors (Lipinski definition) is 2. The quantitative estimate of drug-likeness (QED) is 0.841. The predicted octanol–water partition coefficient (Wildman–Crippen LogP) is 1.99. The van der Waals surface area contributed by atoms with E-state index < -0.39 is 6.04 Å². The van der Waals surface area contributed by atoms with Crippen LogP contribution in [0.2, 0.25) is 0 Å². The van der Waals surface area contributed by atoms with Crippen molar-refractivity contribution < 1.29 is 14.3 Å². The topological polar surface area (TPSA) is 85.3 Å². The Labute approximate surface area is 146 Å². The highest BCUT2D eigenvalue weighted by molar-refractivity contribution is 6.04. The van der Waals surface area contributed by atoms with Gasteiger partial charge in [-0.1, -0.05) is 12.1 Å². The summed E-state index contributed by atoms with van der Waals surface area (Å²) in [5.74, 6) is -0.457. The lowest BCUT2D eigenvalue weighted by molar-refractivity contribution is -0.119. The van der Waals surface area contributed by atoms with Crippen LogP contribution < -0.4 is 10.6 Å². The summed E-state index contributed by atoms with van der Waals surface area (Å²) in [4.78, 5) is 24.9. The number of amides is 2. The third kappa shape index (κ3) is 4.24. The minimum Gasteiger partial charge on any atom is -0.376 e. The summed E-state index contributed by atoms with van der Waals surface area (Å²) in [7, 11) is 0. The summed E-state index contributed by atoms with van der Waals surface area (Å²) in [6, 6.07) is 8.25. The van der Waals surface area contributed by atoms with Crippen LogP contribution in [-0.4, -0.2) is 40.9 Å². The van der Waals surface area contributed by atoms with E-state index in [1.54, 1.807) is 54.3 Å². The number of rotatable bonds is 6. The number of anilines is 1. The Morgan fingerprint density at radius 1 is 1.36 bits per heavy atom. The van der Waals surface area contributed by atoms with Gasteiger partial charge in [0.2, 0.25) is 5.91 Å². The lowest BCUT2D eigenvalue weighted by Crippen LogP contribution is -2.32. The molecule has 0 bridgehead atoms. The minimum absolute atomic E-state index is 0.0746. The van der Waals surface area contributed by atoms with E-state index in [2.05, 4.69) is 15.7 Å². The van der Waals surface area contributed by atoms with Crippen molar-refractivity contribution in [1.82, 2.24) is 15.1 Å². The van der Waals surface area contributed by atoms with Crippen molar-refractivity contribution in [3.8, 4) is 0 Å². The Balaban J connectivity index is 1.65. The molecule has 2 atom stereocenters. The highest BCUT2D eigenvalue weighted by atomic mass is 16.5. The number of nitrogens with zero attached hydrogens (tertiary/aromatic N) is 2. The molecule has 2 aromatic rings. The second-order valence-corrected chi connectivity index (χ2v) is 6.04. The van der Waals surface area contributed by atoms with E-state index in [-0.39, 0.29) is 17.9 Å². The highest BCUT2D eigenvalue weighted by Crippen LogP contribution is 2.18. The number of hydrogen-bond acceptors (Lipinski definition) is 4. The fraction of sp³-hybridized carbons (Fsp3) is 0.389. The summed E-state index contributed by atoms with van der Waals surface area (Å²) in [6.07, 6.45) is 5.41. The molecule has 2 N–H and O–H groups in total. The molecule has 3 rings (SSSR count). The van der Waals surface area contributed by atoms with Crippen LogP contribution >= 0.6 is 0 Å². The van der Waals surface area contributed by atoms with Gasteiger partial charge in [-0.2, -0.15) is 5.10 Å². The maximum atomic E-state index is 12.5. The Kier molecular flexibility index (Phi) is 5.45. The van der Waals surface area contributed by atoms with Gasteiger partial charge in [0.1, 0.15) is 6.04 Å². The molecule has 0 saturated carbocycles. The van der Waals surface area contributed by atoms with Crippen molar-refractivity contribution in [2.75, 3.05) is 18.5 Å². The molecule has 1 aromatic carbocycles. The van der Waals surface area contributed by atoms with Gasteiger partial charge >= 0.3 is 0 Å². The fourth-order valence-electron chi connectivity index (χ4n) is 2.76. The number of carbonyl (C=O) groups excluding carboxylic acids is 2. The van der Waals surface area contributed by atoms with E-state index in [0.717, 1.165) is 19.4 Å². The third-order valence-electron chi connectivity index (χ3n) is 4.24. The normalized spacial score (nSPS) is 17.9. The minimum atomic E-state index is -0.474. The average molecular weight is 342 g/mol. The number of nitrogens with one attached hydrogen (secondary N) is 2. The molecule has 2 unspecified atom stereocenters. The van der Waals surface area contributed by atoms with Crippen molar-refractivity contribution in [2.45, 2.75) is 31.9 Å². The van der Waals surface area contributed by atoms with Crippen molar-refractivity contribution in [2.24, 2.45) is 0 Å². The molecular weight excluding hydrogens is 320 g/mol. The van der Waals surface area contributed by atoms with Crippen LogP contribution in [0.25, 0.3) is 0 Å². The molecule has 2 amide bonds. The SMILES string of the molecule is CC(C(=O)Nc1ccccc1C(=O)NCC1CCCO1)n1cccn1. The summed E-state index contributed by atoms with van der Waals surface area (Å²) < 4.78 is 7.08. The van der Waals surface area contributed by atoms with E-state index in [4.69, 9.17) is 4.74 Å². The zero-order valence-electron chi connectivity index (χ0n) is 14.1. The summed E-state index contributed by atoms with van der Waals surface area (Å²) >= 11 is 0. The van der Waals surface area contributed by atoms with Crippen molar-refractivity contribution in [1.29, 1.82) is 0 Å². The number of ether oxygens (including phenoxy) is 1. The van der Waals surface area contributed by atoms with Crippen LogP contribution in [0.1, 0.15) is 36.2 Å². The highest BCUT2D eigenvalue weighted by Gasteiger charge is 2.20. The number of carbonyl (C=O) groups is 2. The monoisotopic (exact) mass is 342 g/mol. The Bertz CT molecular complexity index is 724. The zero-order valence-corrected chi connectivity index (χ0v) is 14.1. The van der Waals surface area contributed by atoms with Crippen LogP contribution in [0.3, 0.4) is 0 Å². The summed E-state index contributed by atoms with van der Waals surface area (Å²) in [6.45, 7) is 2.98. The molecule has 1 aromatic heterocycles. The van der Waals surface area contributed by atoms with Crippen molar-refractivity contribution >= 4 is 17.5 Å². The number of benzene rings is 1. The molecule has 0 aliphatic carbocycles. The Morgan fingerprint density at radius 2 is 2.20 bits per heavy atom. The average Bonchev–Trinajstić information content (AvgIpc) is 3.33. The first kappa shape index (κ1) is 17.2. The standard InChI is InChI=1S/C18H22N4O3/c1-13(22-10-5-9-20-22)17(23)21-16-8-3-2-7-15(16)18(24)19-12-14-6-4-11-25-14/h2-3,5,7-10,13-14H,4,6,11-12H2,1H3,(H,19,24)(H,21,23). The zero-order chi connectivity index (χ0) is 17.6. The lowest BCUT2D eigenvalue weighted by atomic mass is 10.1. The first-order valence-electron chi connectivity index (χ1n) is 8.44. The molecule has 1 saturated heterocycles. The van der Waals surface area contributed by atoms with Gasteiger partial charge in [-0.3, -0.25) is 14.3 Å². The largest absolute Gasteiger partial charge is 0.376 e. The van der Waals surface area contributed by atoms with Gasteiger partial charge in [0, 0.05) is 25.5 Å². The van der Waals surface area contributed by atoms with Gasteiger partial charge in [-0.25, -0.2) is 0 Å². The van der Waals surface area contributed by atoms with Gasteiger partial charge in [0.05, 0.1) is 17.4 Å². The fourth-order valence-corrected chi connectivity index (χ4v) is 2.76. The lowest BCUT2D eigenvalue weighted by Gasteiger charge is -2.16. The Hall–Kier alpha value is -2.67. The first-order chi connectivity index (χ1) is 12.1. The van der Waals surface area contributed by atoms with E-state index in [1.807, 2.05) is 0 Å². The van der Waals surface area contributed by atoms with Crippen LogP contribution in [0.5, 0.6) is 0 Å². The molecule has 1 aliphatic heterocycles. The summed E-state index contributed by atoms with van der Waals surface area (Å²) in [5.41, 5.74) is 0.915. The predicted molar refractivity (Wildman–Crippen MR) is 93.3 cm³/mol. The van der Waals surface area contributed by atoms with Gasteiger partial charge in [0.15, 0.2) is 0 Å². The molecule has 1 fully saturated rings. The van der Waals surface area contributed by atoms with Crippen molar-refractivity contribution in [3.63, 3.8) is 0 Å². The van der Waals surface area contributed by atoms with Gasteiger partial charge in [-0.05, 0) is 38.0 Å². The number of para-hydroxylation sites is 1. The third-order valence-corrected chi connectivity index (χ3v) is 4.24. The van der Waals surface area contributed by atoms with E-state index >= 15 is 0 Å². The maximum absolute atomic E-state index is 12.5. The van der Waals surface area contributed by atoms with Gasteiger partial charge in [0.25, 0.3) is 5.91 Å². The smallest absolute Gasteiger partial charge is 0.253 e. The van der Waals surface area contributed by atoms with Crippen molar-refractivity contribution in [3.05, 3.63) is 48.3 Å². The second kappa shape index (κ2) is 7.94. The van der Waals surface area contributed by atoms with Gasteiger partial charge < -0.3 is 15.4 Å². The van der Waals surface area contributed by atoms with E-state index in [1.165, 1.54) is 0 Å². The van der Waals surface area contributed by atoms with E-state index in [9.17, 15) is 9.59 Å². The molecule has 0 spiro atoms. The molecule has 0 radical (unpaired) electrons. The first-order valence-corrected chi connectivity index (χ1v) is 8.44. The molecule has 25 heavy (non-hydrogen) atoms. The van der Waals surface area contributed by atoms with Crippen LogP contribution in [-0.2, 0) is 9.53 Å².